The fraction of sp³-hybridized carbons (Fsp3) is 0.533. The molecule has 1 saturated heterocycles. The molecule has 0 saturated carbocycles. The lowest BCUT2D eigenvalue weighted by Gasteiger charge is -2.20. The first-order valence-corrected chi connectivity index (χ1v) is 9.19. The first-order chi connectivity index (χ1) is 10.8. The number of rotatable bonds is 3. The van der Waals surface area contributed by atoms with Crippen LogP contribution < -0.4 is 5.32 Å². The lowest BCUT2D eigenvalue weighted by molar-refractivity contribution is 0.201. The van der Waals surface area contributed by atoms with Crippen molar-refractivity contribution >= 4 is 15.9 Å². The highest BCUT2D eigenvalue weighted by atomic mass is 32.2. The summed E-state index contributed by atoms with van der Waals surface area (Å²) in [6.45, 7) is 2.30. The molecule has 1 aliphatic rings. The second-order valence-electron chi connectivity index (χ2n) is 5.67. The van der Waals surface area contributed by atoms with E-state index in [2.05, 4.69) is 5.32 Å². The standard InChI is InChI=1S/C15H20F2N2O3S/c1-11-5-7-19(8-9-23(11,21)22)15(20)18-6-4-12-10-13(16)2-3-14(12)17/h2-3,10-11H,4-9H2,1H3,(H,18,20). The van der Waals surface area contributed by atoms with Gasteiger partial charge in [0.05, 0.1) is 11.0 Å². The number of benzene rings is 1. The van der Waals surface area contributed by atoms with Crippen molar-refractivity contribution in [3.05, 3.63) is 35.4 Å². The monoisotopic (exact) mass is 346 g/mol. The first-order valence-electron chi connectivity index (χ1n) is 7.48. The molecule has 1 aromatic rings. The predicted molar refractivity (Wildman–Crippen MR) is 82.9 cm³/mol. The average molecular weight is 346 g/mol. The third-order valence-electron chi connectivity index (χ3n) is 4.03. The zero-order chi connectivity index (χ0) is 17.0. The van der Waals surface area contributed by atoms with Crippen LogP contribution in [0.15, 0.2) is 18.2 Å². The number of hydrogen-bond acceptors (Lipinski definition) is 3. The molecule has 8 heteroatoms. The Hall–Kier alpha value is -1.70. The first kappa shape index (κ1) is 17.7. The van der Waals surface area contributed by atoms with Gasteiger partial charge in [-0.15, -0.1) is 0 Å². The molecule has 1 N–H and O–H groups in total. The van der Waals surface area contributed by atoms with Crippen LogP contribution in [0.5, 0.6) is 0 Å². The maximum atomic E-state index is 13.5. The molecule has 2 amide bonds. The molecular weight excluding hydrogens is 326 g/mol. The minimum Gasteiger partial charge on any atom is -0.338 e. The molecular formula is C15H20F2N2O3S. The van der Waals surface area contributed by atoms with Crippen molar-refractivity contribution in [1.82, 2.24) is 10.2 Å². The summed E-state index contributed by atoms with van der Waals surface area (Å²) in [6.07, 6.45) is 0.562. The lowest BCUT2D eigenvalue weighted by atomic mass is 10.1. The molecule has 2 rings (SSSR count). The molecule has 0 radical (unpaired) electrons. The summed E-state index contributed by atoms with van der Waals surface area (Å²) in [4.78, 5) is 13.5. The molecule has 0 aliphatic carbocycles. The number of carbonyl (C=O) groups is 1. The van der Waals surface area contributed by atoms with Gasteiger partial charge in [0.25, 0.3) is 0 Å². The highest BCUT2D eigenvalue weighted by molar-refractivity contribution is 7.92. The van der Waals surface area contributed by atoms with Crippen molar-refractivity contribution in [2.24, 2.45) is 0 Å². The average Bonchev–Trinajstić information content (AvgIpc) is 2.62. The summed E-state index contributed by atoms with van der Waals surface area (Å²) < 4.78 is 50.1. The van der Waals surface area contributed by atoms with Crippen molar-refractivity contribution < 1.29 is 22.0 Å². The molecule has 0 aromatic heterocycles. The van der Waals surface area contributed by atoms with Crippen molar-refractivity contribution in [1.29, 1.82) is 0 Å². The molecule has 0 bridgehead atoms. The van der Waals surface area contributed by atoms with Gasteiger partial charge < -0.3 is 10.2 Å². The minimum atomic E-state index is -3.15. The number of sulfone groups is 1. The molecule has 128 valence electrons. The summed E-state index contributed by atoms with van der Waals surface area (Å²) in [5.41, 5.74) is 0.192. The van der Waals surface area contributed by atoms with E-state index in [1.807, 2.05) is 0 Å². The number of nitrogens with zero attached hydrogens (tertiary/aromatic N) is 1. The normalized spacial score (nSPS) is 20.8. The van der Waals surface area contributed by atoms with Crippen molar-refractivity contribution in [3.63, 3.8) is 0 Å². The Balaban J connectivity index is 1.86. The van der Waals surface area contributed by atoms with Crippen LogP contribution in [0.3, 0.4) is 0 Å². The number of halogens is 2. The predicted octanol–water partition coefficient (Wildman–Crippen LogP) is 1.73. The van der Waals surface area contributed by atoms with E-state index in [-0.39, 0.29) is 36.9 Å². The van der Waals surface area contributed by atoms with Gasteiger partial charge in [-0.3, -0.25) is 0 Å². The number of carbonyl (C=O) groups excluding carboxylic acids is 1. The van der Waals surface area contributed by atoms with Crippen LogP contribution in [-0.2, 0) is 16.3 Å². The number of urea groups is 1. The van der Waals surface area contributed by atoms with E-state index in [0.29, 0.717) is 13.0 Å². The van der Waals surface area contributed by atoms with Gasteiger partial charge in [0.15, 0.2) is 9.84 Å². The van der Waals surface area contributed by atoms with E-state index in [1.54, 1.807) is 6.92 Å². The number of hydrogen-bond donors (Lipinski definition) is 1. The van der Waals surface area contributed by atoms with Crippen molar-refractivity contribution in [2.75, 3.05) is 25.4 Å². The maximum Gasteiger partial charge on any atom is 0.317 e. The topological polar surface area (TPSA) is 66.5 Å². The van der Waals surface area contributed by atoms with Gasteiger partial charge in [0.2, 0.25) is 0 Å². The Labute approximate surface area is 134 Å². The molecule has 1 heterocycles. The van der Waals surface area contributed by atoms with Gasteiger partial charge in [0, 0.05) is 19.6 Å². The van der Waals surface area contributed by atoms with Gasteiger partial charge >= 0.3 is 6.03 Å². The van der Waals surface area contributed by atoms with Crippen LogP contribution in [0.25, 0.3) is 0 Å². The summed E-state index contributed by atoms with van der Waals surface area (Å²) in [7, 11) is -3.15. The Kier molecular flexibility index (Phi) is 5.56. The van der Waals surface area contributed by atoms with E-state index in [9.17, 15) is 22.0 Å². The van der Waals surface area contributed by atoms with E-state index in [4.69, 9.17) is 0 Å². The number of nitrogens with one attached hydrogen (secondary N) is 1. The quantitative estimate of drug-likeness (QED) is 0.906. The van der Waals surface area contributed by atoms with E-state index in [0.717, 1.165) is 18.2 Å². The van der Waals surface area contributed by atoms with Crippen LogP contribution in [-0.4, -0.2) is 50.0 Å². The molecule has 1 fully saturated rings. The summed E-state index contributed by atoms with van der Waals surface area (Å²) >= 11 is 0. The lowest BCUT2D eigenvalue weighted by Crippen LogP contribution is -2.42. The van der Waals surface area contributed by atoms with Gasteiger partial charge in [-0.25, -0.2) is 22.0 Å². The van der Waals surface area contributed by atoms with Gasteiger partial charge in [-0.1, -0.05) is 0 Å². The summed E-state index contributed by atoms with van der Waals surface area (Å²) in [5.74, 6) is -1.10. The molecule has 1 aromatic carbocycles. The van der Waals surface area contributed by atoms with E-state index < -0.39 is 26.7 Å². The van der Waals surface area contributed by atoms with Gasteiger partial charge in [0.1, 0.15) is 11.6 Å². The highest BCUT2D eigenvalue weighted by Crippen LogP contribution is 2.13. The molecule has 0 spiro atoms. The van der Waals surface area contributed by atoms with Crippen LogP contribution >= 0.6 is 0 Å². The Morgan fingerprint density at radius 3 is 2.83 bits per heavy atom. The van der Waals surface area contributed by atoms with Crippen molar-refractivity contribution in [3.8, 4) is 0 Å². The minimum absolute atomic E-state index is 0.0554. The number of amides is 2. The molecule has 1 unspecified atom stereocenters. The zero-order valence-corrected chi connectivity index (χ0v) is 13.7. The van der Waals surface area contributed by atoms with Crippen LogP contribution in [0.2, 0.25) is 0 Å². The van der Waals surface area contributed by atoms with Crippen molar-refractivity contribution in [2.45, 2.75) is 25.0 Å². The smallest absolute Gasteiger partial charge is 0.317 e. The third kappa shape index (κ3) is 4.63. The highest BCUT2D eigenvalue weighted by Gasteiger charge is 2.28. The Morgan fingerprint density at radius 2 is 2.09 bits per heavy atom. The van der Waals surface area contributed by atoms with Crippen LogP contribution in [0.1, 0.15) is 18.9 Å². The molecule has 1 aliphatic heterocycles. The van der Waals surface area contributed by atoms with Crippen LogP contribution in [0.4, 0.5) is 13.6 Å². The van der Waals surface area contributed by atoms with Crippen LogP contribution in [0, 0.1) is 11.6 Å². The molecule has 5 nitrogen and oxygen atoms in total. The second-order valence-corrected chi connectivity index (χ2v) is 8.21. The fourth-order valence-electron chi connectivity index (χ4n) is 2.42. The van der Waals surface area contributed by atoms with Gasteiger partial charge in [-0.05, 0) is 43.5 Å². The zero-order valence-electron chi connectivity index (χ0n) is 12.9. The summed E-state index contributed by atoms with van der Waals surface area (Å²) in [5, 5.41) is 2.16. The summed E-state index contributed by atoms with van der Waals surface area (Å²) in [6, 6.07) is 2.80. The Bertz CT molecular complexity index is 679. The van der Waals surface area contributed by atoms with E-state index >= 15 is 0 Å². The maximum absolute atomic E-state index is 13.5. The largest absolute Gasteiger partial charge is 0.338 e. The third-order valence-corrected chi connectivity index (χ3v) is 6.24. The SMILES string of the molecule is CC1CCN(C(=O)NCCc2cc(F)ccc2F)CCS1(=O)=O. The molecule has 23 heavy (non-hydrogen) atoms. The molecule has 1 atom stereocenters. The second kappa shape index (κ2) is 7.25. The van der Waals surface area contributed by atoms with E-state index in [1.165, 1.54) is 4.90 Å². The van der Waals surface area contributed by atoms with Gasteiger partial charge in [-0.2, -0.15) is 0 Å². The Morgan fingerprint density at radius 1 is 1.35 bits per heavy atom. The fourth-order valence-corrected chi connectivity index (χ4v) is 3.76.